The zero-order valence-corrected chi connectivity index (χ0v) is 8.27. The smallest absolute Gasteiger partial charge is 0.137 e. The summed E-state index contributed by atoms with van der Waals surface area (Å²) in [5.74, 6) is 1.17. The molecule has 3 aliphatic rings. The van der Waals surface area contributed by atoms with Crippen LogP contribution in [-0.2, 0) is 6.54 Å². The molecular formula is C13H10N2. The lowest BCUT2D eigenvalue weighted by molar-refractivity contribution is 0.516. The molecule has 1 fully saturated rings. The van der Waals surface area contributed by atoms with E-state index in [-0.39, 0.29) is 0 Å². The van der Waals surface area contributed by atoms with E-state index in [1.54, 1.807) is 0 Å². The first-order chi connectivity index (χ1) is 7.42. The van der Waals surface area contributed by atoms with Gasteiger partial charge in [0.05, 0.1) is 12.2 Å². The van der Waals surface area contributed by atoms with Gasteiger partial charge >= 0.3 is 0 Å². The van der Waals surface area contributed by atoms with Crippen molar-refractivity contribution in [2.24, 2.45) is 4.99 Å². The first-order valence-corrected chi connectivity index (χ1v) is 5.26. The Bertz CT molecular complexity index is 549. The maximum absolute atomic E-state index is 4.72. The molecule has 0 unspecified atom stereocenters. The zero-order valence-electron chi connectivity index (χ0n) is 8.27. The minimum Gasteiger partial charge on any atom is -0.325 e. The normalized spacial score (nSPS) is 20.5. The maximum atomic E-state index is 4.72. The number of nitrogens with zero attached hydrogens (tertiary/aromatic N) is 2. The van der Waals surface area contributed by atoms with Crippen molar-refractivity contribution >= 4 is 11.5 Å². The summed E-state index contributed by atoms with van der Waals surface area (Å²) in [6, 6.07) is 8.40. The van der Waals surface area contributed by atoms with Crippen LogP contribution in [0.25, 0.3) is 0 Å². The quantitative estimate of drug-likeness (QED) is 0.620. The molecule has 1 aromatic carbocycles. The van der Waals surface area contributed by atoms with Gasteiger partial charge < -0.3 is 4.90 Å². The van der Waals surface area contributed by atoms with Crippen molar-refractivity contribution in [1.29, 1.82) is 0 Å². The average molecular weight is 194 g/mol. The molecule has 0 amide bonds. The summed E-state index contributed by atoms with van der Waals surface area (Å²) in [6.45, 7) is 0.984. The summed E-state index contributed by atoms with van der Waals surface area (Å²) < 4.78 is 0. The topological polar surface area (TPSA) is 15.6 Å². The lowest BCUT2D eigenvalue weighted by Crippen LogP contribution is -2.27. The summed E-state index contributed by atoms with van der Waals surface area (Å²) in [5, 5.41) is 0. The molecule has 0 N–H and O–H groups in total. The molecule has 2 heterocycles. The molecule has 2 aliphatic heterocycles. The summed E-state index contributed by atoms with van der Waals surface area (Å²) >= 11 is 0. The van der Waals surface area contributed by atoms with Crippen LogP contribution in [0, 0.1) is 0 Å². The van der Waals surface area contributed by atoms with Crippen LogP contribution in [0.4, 0.5) is 5.69 Å². The molecule has 2 heteroatoms. The maximum Gasteiger partial charge on any atom is 0.137 e. The van der Waals surface area contributed by atoms with E-state index in [0.717, 1.165) is 18.7 Å². The molecule has 4 rings (SSSR count). The van der Waals surface area contributed by atoms with Crippen LogP contribution in [0.1, 0.15) is 12.0 Å². The highest BCUT2D eigenvalue weighted by molar-refractivity contribution is 6.06. The summed E-state index contributed by atoms with van der Waals surface area (Å²) in [6.07, 6.45) is 5.48. The van der Waals surface area contributed by atoms with Gasteiger partial charge in [-0.25, -0.2) is 4.99 Å². The summed E-state index contributed by atoms with van der Waals surface area (Å²) in [5.41, 5.74) is 5.24. The van der Waals surface area contributed by atoms with E-state index in [1.165, 1.54) is 22.7 Å². The predicted octanol–water partition coefficient (Wildman–Crippen LogP) is 2.76. The van der Waals surface area contributed by atoms with E-state index in [1.807, 2.05) is 0 Å². The number of allylic oxidation sites excluding steroid dienone is 3. The highest BCUT2D eigenvalue weighted by atomic mass is 15.2. The van der Waals surface area contributed by atoms with E-state index < -0.39 is 0 Å². The molecule has 2 bridgehead atoms. The second-order valence-corrected chi connectivity index (χ2v) is 4.18. The van der Waals surface area contributed by atoms with Crippen molar-refractivity contribution in [3.8, 4) is 0 Å². The van der Waals surface area contributed by atoms with Crippen molar-refractivity contribution in [3.63, 3.8) is 0 Å². The highest BCUT2D eigenvalue weighted by Crippen LogP contribution is 2.40. The van der Waals surface area contributed by atoms with Gasteiger partial charge in [-0.15, -0.1) is 0 Å². The molecule has 2 nitrogen and oxygen atoms in total. The van der Waals surface area contributed by atoms with Crippen LogP contribution in [-0.4, -0.2) is 10.7 Å². The summed E-state index contributed by atoms with van der Waals surface area (Å²) in [7, 11) is 0. The molecule has 0 aromatic heterocycles. The fraction of sp³-hybridized carbons (Fsp3) is 0.154. The Morgan fingerprint density at radius 1 is 1.13 bits per heavy atom. The monoisotopic (exact) mass is 194 g/mol. The Kier molecular flexibility index (Phi) is 1.19. The SMILES string of the molecule is C1=C2CC(=C1)N1Cc3ccccc3N=C21. The van der Waals surface area contributed by atoms with E-state index >= 15 is 0 Å². The fourth-order valence-corrected chi connectivity index (χ4v) is 2.50. The van der Waals surface area contributed by atoms with Crippen LogP contribution in [0.3, 0.4) is 0 Å². The second-order valence-electron chi connectivity index (χ2n) is 4.18. The van der Waals surface area contributed by atoms with Crippen LogP contribution in [0.15, 0.2) is 52.7 Å². The molecule has 1 aliphatic carbocycles. The van der Waals surface area contributed by atoms with Gasteiger partial charge in [0.25, 0.3) is 0 Å². The third-order valence-electron chi connectivity index (χ3n) is 3.28. The lowest BCUT2D eigenvalue weighted by atomic mass is 10.1. The minimum absolute atomic E-state index is 0.984. The Labute approximate surface area is 88.2 Å². The average Bonchev–Trinajstić information content (AvgIpc) is 2.87. The van der Waals surface area contributed by atoms with Crippen molar-refractivity contribution in [2.45, 2.75) is 13.0 Å². The van der Waals surface area contributed by atoms with Gasteiger partial charge in [0, 0.05) is 17.7 Å². The van der Waals surface area contributed by atoms with Crippen molar-refractivity contribution in [3.05, 3.63) is 53.3 Å². The molecular weight excluding hydrogens is 184 g/mol. The molecule has 72 valence electrons. The third-order valence-corrected chi connectivity index (χ3v) is 3.28. The molecule has 15 heavy (non-hydrogen) atoms. The Morgan fingerprint density at radius 3 is 3.07 bits per heavy atom. The third kappa shape index (κ3) is 0.864. The van der Waals surface area contributed by atoms with Gasteiger partial charge in [-0.1, -0.05) is 24.3 Å². The molecule has 1 saturated heterocycles. The van der Waals surface area contributed by atoms with Gasteiger partial charge in [-0.05, 0) is 17.7 Å². The van der Waals surface area contributed by atoms with E-state index in [0.29, 0.717) is 0 Å². The van der Waals surface area contributed by atoms with Crippen LogP contribution < -0.4 is 0 Å². The van der Waals surface area contributed by atoms with Gasteiger partial charge in [0.1, 0.15) is 5.84 Å². The molecule has 0 saturated carbocycles. The molecule has 0 spiro atoms. The largest absolute Gasteiger partial charge is 0.325 e. The van der Waals surface area contributed by atoms with E-state index in [9.17, 15) is 0 Å². The summed E-state index contributed by atoms with van der Waals surface area (Å²) in [4.78, 5) is 7.05. The molecule has 1 aromatic rings. The van der Waals surface area contributed by atoms with Crippen molar-refractivity contribution in [1.82, 2.24) is 4.90 Å². The van der Waals surface area contributed by atoms with Crippen molar-refractivity contribution in [2.75, 3.05) is 0 Å². The van der Waals surface area contributed by atoms with Crippen molar-refractivity contribution < 1.29 is 0 Å². The number of fused-ring (bicyclic) bond motifs is 6. The first-order valence-electron chi connectivity index (χ1n) is 5.26. The first kappa shape index (κ1) is 7.46. The number of rotatable bonds is 0. The Hall–Kier alpha value is -1.83. The number of hydrogen-bond acceptors (Lipinski definition) is 2. The van der Waals surface area contributed by atoms with Gasteiger partial charge in [0.15, 0.2) is 0 Å². The van der Waals surface area contributed by atoms with E-state index in [4.69, 9.17) is 4.99 Å². The number of benzene rings is 1. The van der Waals surface area contributed by atoms with Gasteiger partial charge in [-0.2, -0.15) is 0 Å². The number of hydrogen-bond donors (Lipinski definition) is 0. The Balaban J connectivity index is 1.94. The number of para-hydroxylation sites is 1. The van der Waals surface area contributed by atoms with Crippen LogP contribution in [0.5, 0.6) is 0 Å². The second kappa shape index (κ2) is 2.40. The fourth-order valence-electron chi connectivity index (χ4n) is 2.50. The minimum atomic E-state index is 0.984. The molecule has 0 radical (unpaired) electrons. The van der Waals surface area contributed by atoms with Gasteiger partial charge in [0.2, 0.25) is 0 Å². The predicted molar refractivity (Wildman–Crippen MR) is 59.9 cm³/mol. The molecule has 0 atom stereocenters. The van der Waals surface area contributed by atoms with E-state index in [2.05, 4.69) is 41.3 Å². The zero-order chi connectivity index (χ0) is 9.83. The van der Waals surface area contributed by atoms with Crippen LogP contribution in [0.2, 0.25) is 0 Å². The standard InChI is InChI=1S/C13H10N2/c1-2-4-12-10(3-1)8-15-11-6-5-9(7-11)13(15)14-12/h1-6H,7-8H2. The number of aliphatic imine (C=N–C) groups is 1. The van der Waals surface area contributed by atoms with Crippen LogP contribution >= 0.6 is 0 Å². The Morgan fingerprint density at radius 2 is 2.07 bits per heavy atom. The van der Waals surface area contributed by atoms with Gasteiger partial charge in [-0.3, -0.25) is 0 Å². The lowest BCUT2D eigenvalue weighted by Gasteiger charge is -2.27. The number of amidine groups is 1. The highest BCUT2D eigenvalue weighted by Gasteiger charge is 2.33.